The van der Waals surface area contributed by atoms with E-state index >= 15 is 0 Å². The Morgan fingerprint density at radius 2 is 2.00 bits per heavy atom. The van der Waals surface area contributed by atoms with Gasteiger partial charge in [-0.25, -0.2) is 13.1 Å². The van der Waals surface area contributed by atoms with Gasteiger partial charge in [-0.2, -0.15) is 0 Å². The lowest BCUT2D eigenvalue weighted by Gasteiger charge is -2.35. The molecule has 0 radical (unpaired) electrons. The van der Waals surface area contributed by atoms with Crippen molar-refractivity contribution in [2.24, 2.45) is 0 Å². The van der Waals surface area contributed by atoms with E-state index in [-0.39, 0.29) is 11.8 Å². The van der Waals surface area contributed by atoms with Crippen molar-refractivity contribution in [3.63, 3.8) is 0 Å². The maximum atomic E-state index is 12.2. The molecule has 1 aromatic carbocycles. The molecule has 3 N–H and O–H groups in total. The Kier molecular flexibility index (Phi) is 4.67. The highest BCUT2D eigenvalue weighted by Gasteiger charge is 2.26. The van der Waals surface area contributed by atoms with Gasteiger partial charge < -0.3 is 10.6 Å². The summed E-state index contributed by atoms with van der Waals surface area (Å²) in [7, 11) is -1.22. The van der Waals surface area contributed by atoms with E-state index in [1.807, 2.05) is 0 Å². The molecule has 1 heterocycles. The summed E-state index contributed by atoms with van der Waals surface area (Å²) >= 11 is 0. The number of nitrogens with one attached hydrogen (secondary N) is 1. The molecule has 2 atom stereocenters. The Bertz CT molecular complexity index is 542. The second-order valence-corrected chi connectivity index (χ2v) is 7.42. The molecule has 0 aliphatic carbocycles. The lowest BCUT2D eigenvalue weighted by atomic mass is 10.0. The highest BCUT2D eigenvalue weighted by atomic mass is 32.2. The summed E-state index contributed by atoms with van der Waals surface area (Å²) in [5.74, 6) is 0.00794. The fourth-order valence-corrected chi connectivity index (χ4v) is 3.96. The van der Waals surface area contributed by atoms with Crippen LogP contribution < -0.4 is 10.5 Å². The number of anilines is 1. The van der Waals surface area contributed by atoms with Crippen LogP contribution in [-0.2, 0) is 15.8 Å². The number of nitrogen functional groups attached to an aromatic ring is 1. The van der Waals surface area contributed by atoms with Crippen LogP contribution >= 0.6 is 0 Å². The summed E-state index contributed by atoms with van der Waals surface area (Å²) in [5, 5.41) is 0. The second-order valence-electron chi connectivity index (χ2n) is 5.67. The zero-order valence-electron chi connectivity index (χ0n) is 12.0. The molecule has 20 heavy (non-hydrogen) atoms. The zero-order chi connectivity index (χ0) is 14.8. The minimum atomic E-state index is -3.30. The number of hydrogen-bond acceptors (Lipinski definition) is 4. The molecule has 0 saturated carbocycles. The quantitative estimate of drug-likeness (QED) is 0.818. The standard InChI is InChI=1S/C14H23N3O2S/c1-11-9-14(7-8-17(11)2)16-20(18,19)10-12-3-5-13(15)6-4-12/h3-6,11,14,16H,7-10,15H2,1-2H3. The molecule has 2 unspecified atom stereocenters. The maximum Gasteiger partial charge on any atom is 0.216 e. The normalized spacial score (nSPS) is 24.7. The third kappa shape index (κ3) is 4.19. The van der Waals surface area contributed by atoms with Crippen LogP contribution in [0.2, 0.25) is 0 Å². The number of piperidine rings is 1. The molecular formula is C14H23N3O2S. The van der Waals surface area contributed by atoms with Gasteiger partial charge in [0, 0.05) is 17.8 Å². The predicted molar refractivity (Wildman–Crippen MR) is 81.7 cm³/mol. The van der Waals surface area contributed by atoms with Crippen molar-refractivity contribution >= 4 is 15.7 Å². The fraction of sp³-hybridized carbons (Fsp3) is 0.571. The van der Waals surface area contributed by atoms with E-state index in [0.29, 0.717) is 11.7 Å². The number of likely N-dealkylation sites (tertiary alicyclic amines) is 1. The number of nitrogens with zero attached hydrogens (tertiary/aromatic N) is 1. The van der Waals surface area contributed by atoms with Gasteiger partial charge in [-0.05, 0) is 51.1 Å². The predicted octanol–water partition coefficient (Wildman–Crippen LogP) is 1.17. The largest absolute Gasteiger partial charge is 0.399 e. The van der Waals surface area contributed by atoms with Gasteiger partial charge in [-0.1, -0.05) is 12.1 Å². The van der Waals surface area contributed by atoms with Crippen molar-refractivity contribution in [3.05, 3.63) is 29.8 Å². The molecule has 1 aliphatic rings. The Hall–Kier alpha value is -1.11. The third-order valence-electron chi connectivity index (χ3n) is 3.89. The maximum absolute atomic E-state index is 12.2. The third-order valence-corrected chi connectivity index (χ3v) is 5.30. The number of rotatable bonds is 4. The van der Waals surface area contributed by atoms with Crippen molar-refractivity contribution in [3.8, 4) is 0 Å². The van der Waals surface area contributed by atoms with E-state index in [1.54, 1.807) is 24.3 Å². The van der Waals surface area contributed by atoms with Crippen LogP contribution in [0.3, 0.4) is 0 Å². The lowest BCUT2D eigenvalue weighted by Crippen LogP contribution is -2.47. The van der Waals surface area contributed by atoms with Crippen LogP contribution in [0.15, 0.2) is 24.3 Å². The SMILES string of the molecule is CC1CC(NS(=O)(=O)Cc2ccc(N)cc2)CCN1C. The van der Waals surface area contributed by atoms with Gasteiger partial charge in [0.15, 0.2) is 0 Å². The monoisotopic (exact) mass is 297 g/mol. The number of hydrogen-bond donors (Lipinski definition) is 2. The first-order valence-electron chi connectivity index (χ1n) is 6.90. The Morgan fingerprint density at radius 3 is 2.60 bits per heavy atom. The van der Waals surface area contributed by atoms with E-state index in [9.17, 15) is 8.42 Å². The molecular weight excluding hydrogens is 274 g/mol. The summed E-state index contributed by atoms with van der Waals surface area (Å²) in [4.78, 5) is 2.25. The van der Waals surface area contributed by atoms with E-state index in [4.69, 9.17) is 5.73 Å². The minimum absolute atomic E-state index is 0.00794. The van der Waals surface area contributed by atoms with Crippen molar-refractivity contribution in [2.45, 2.75) is 37.6 Å². The van der Waals surface area contributed by atoms with Crippen molar-refractivity contribution in [1.82, 2.24) is 9.62 Å². The first kappa shape index (κ1) is 15.3. The Balaban J connectivity index is 1.95. The van der Waals surface area contributed by atoms with Gasteiger partial charge in [0.2, 0.25) is 10.0 Å². The smallest absolute Gasteiger partial charge is 0.216 e. The van der Waals surface area contributed by atoms with E-state index in [0.717, 1.165) is 24.9 Å². The van der Waals surface area contributed by atoms with Crippen molar-refractivity contribution in [2.75, 3.05) is 19.3 Å². The minimum Gasteiger partial charge on any atom is -0.399 e. The first-order valence-corrected chi connectivity index (χ1v) is 8.55. The molecule has 6 heteroatoms. The van der Waals surface area contributed by atoms with Crippen LogP contribution in [0.5, 0.6) is 0 Å². The molecule has 0 spiro atoms. The molecule has 0 aromatic heterocycles. The second kappa shape index (κ2) is 6.11. The zero-order valence-corrected chi connectivity index (χ0v) is 12.9. The Morgan fingerprint density at radius 1 is 1.35 bits per heavy atom. The van der Waals surface area contributed by atoms with Gasteiger partial charge in [0.25, 0.3) is 0 Å². The van der Waals surface area contributed by atoms with Crippen LogP contribution in [0.4, 0.5) is 5.69 Å². The highest BCUT2D eigenvalue weighted by Crippen LogP contribution is 2.17. The van der Waals surface area contributed by atoms with Crippen LogP contribution in [0.25, 0.3) is 0 Å². The molecule has 1 aliphatic heterocycles. The summed E-state index contributed by atoms with van der Waals surface area (Å²) in [6.45, 7) is 3.05. The summed E-state index contributed by atoms with van der Waals surface area (Å²) in [6.07, 6.45) is 1.72. The fourth-order valence-electron chi connectivity index (χ4n) is 2.53. The van der Waals surface area contributed by atoms with Crippen molar-refractivity contribution < 1.29 is 8.42 Å². The van der Waals surface area contributed by atoms with Gasteiger partial charge >= 0.3 is 0 Å². The first-order chi connectivity index (χ1) is 9.35. The van der Waals surface area contributed by atoms with Gasteiger partial charge in [0.05, 0.1) is 5.75 Å². The van der Waals surface area contributed by atoms with E-state index in [2.05, 4.69) is 23.6 Å². The average Bonchev–Trinajstić information content (AvgIpc) is 2.36. The van der Waals surface area contributed by atoms with Gasteiger partial charge in [-0.3, -0.25) is 0 Å². The molecule has 2 rings (SSSR count). The number of benzene rings is 1. The average molecular weight is 297 g/mol. The molecule has 112 valence electrons. The topological polar surface area (TPSA) is 75.4 Å². The van der Waals surface area contributed by atoms with E-state index in [1.165, 1.54) is 0 Å². The van der Waals surface area contributed by atoms with Gasteiger partial charge in [0.1, 0.15) is 0 Å². The van der Waals surface area contributed by atoms with E-state index < -0.39 is 10.0 Å². The number of nitrogens with two attached hydrogens (primary N) is 1. The van der Waals surface area contributed by atoms with Crippen LogP contribution in [0, 0.1) is 0 Å². The van der Waals surface area contributed by atoms with Gasteiger partial charge in [-0.15, -0.1) is 0 Å². The van der Waals surface area contributed by atoms with Crippen LogP contribution in [-0.4, -0.2) is 39.0 Å². The summed E-state index contributed by atoms with van der Waals surface area (Å²) < 4.78 is 27.2. The number of sulfonamides is 1. The molecule has 1 aromatic rings. The van der Waals surface area contributed by atoms with Crippen LogP contribution in [0.1, 0.15) is 25.3 Å². The van der Waals surface area contributed by atoms with Crippen molar-refractivity contribution in [1.29, 1.82) is 0 Å². The summed E-state index contributed by atoms with van der Waals surface area (Å²) in [5.41, 5.74) is 7.00. The molecule has 1 fully saturated rings. The summed E-state index contributed by atoms with van der Waals surface area (Å²) in [6, 6.07) is 7.41. The molecule has 0 bridgehead atoms. The molecule has 5 nitrogen and oxygen atoms in total. The highest BCUT2D eigenvalue weighted by molar-refractivity contribution is 7.88. The lowest BCUT2D eigenvalue weighted by molar-refractivity contribution is 0.178. The molecule has 0 amide bonds. The Labute approximate surface area is 121 Å². The molecule has 1 saturated heterocycles.